The van der Waals surface area contributed by atoms with Crippen molar-refractivity contribution in [2.45, 2.75) is 27.4 Å². The minimum absolute atomic E-state index is 0.157. The Balaban J connectivity index is 1.69. The van der Waals surface area contributed by atoms with E-state index >= 15 is 0 Å². The first-order valence-corrected chi connectivity index (χ1v) is 14.5. The summed E-state index contributed by atoms with van der Waals surface area (Å²) >= 11 is 6.94. The lowest BCUT2D eigenvalue weighted by Gasteiger charge is -2.28. The van der Waals surface area contributed by atoms with E-state index in [1.165, 1.54) is 12.1 Å². The van der Waals surface area contributed by atoms with Gasteiger partial charge in [-0.3, -0.25) is 14.9 Å². The van der Waals surface area contributed by atoms with Gasteiger partial charge in [-0.25, -0.2) is 9.69 Å². The number of nitrogens with one attached hydrogen (secondary N) is 1. The summed E-state index contributed by atoms with van der Waals surface area (Å²) in [6, 6.07) is 15.1. The van der Waals surface area contributed by atoms with Crippen LogP contribution in [0.5, 0.6) is 23.0 Å². The van der Waals surface area contributed by atoms with E-state index in [1.807, 2.05) is 38.1 Å². The van der Waals surface area contributed by atoms with Crippen molar-refractivity contribution < 1.29 is 33.3 Å². The molecule has 1 saturated heterocycles. The number of benzene rings is 3. The average Bonchev–Trinajstić information content (AvgIpc) is 2.94. The van der Waals surface area contributed by atoms with Crippen molar-refractivity contribution in [3.05, 3.63) is 80.2 Å². The molecule has 4 amide bonds. The minimum atomic E-state index is -0.891. The molecule has 41 heavy (non-hydrogen) atoms. The maximum atomic E-state index is 13.7. The quantitative estimate of drug-likeness (QED) is 0.178. The van der Waals surface area contributed by atoms with E-state index < -0.39 is 17.8 Å². The van der Waals surface area contributed by atoms with Crippen LogP contribution in [0.2, 0.25) is 0 Å². The van der Waals surface area contributed by atoms with Crippen molar-refractivity contribution >= 4 is 61.5 Å². The second-order valence-electron chi connectivity index (χ2n) is 8.62. The Morgan fingerprint density at radius 2 is 1.44 bits per heavy atom. The molecule has 0 aromatic heterocycles. The summed E-state index contributed by atoms with van der Waals surface area (Å²) in [5, 5.41) is 2.25. The summed E-state index contributed by atoms with van der Waals surface area (Å²) in [4.78, 5) is 40.3. The topological polar surface area (TPSA) is 103 Å². The lowest BCUT2D eigenvalue weighted by molar-refractivity contribution is -0.122. The molecule has 4 rings (SSSR count). The van der Waals surface area contributed by atoms with E-state index in [0.29, 0.717) is 59.5 Å². The normalized spacial score (nSPS) is 14.2. The van der Waals surface area contributed by atoms with Crippen LogP contribution in [-0.2, 0) is 16.2 Å². The van der Waals surface area contributed by atoms with E-state index in [1.54, 1.807) is 31.2 Å². The van der Waals surface area contributed by atoms with Crippen molar-refractivity contribution in [2.24, 2.45) is 0 Å². The standard InChI is InChI=1S/C30H28Br2N2O7/c1-4-38-21-11-12-25(39-5-2)24(15-21)34-29(36)22(28(35)33-30(34)37)13-19-14-26(40-6-3)27(16-23(19)32)41-17-18-7-9-20(31)10-8-18/h7-16H,4-6,17H2,1-3H3,(H,33,35,37)/b22-13+. The number of carbonyl (C=O) groups excluding carboxylic acids is 3. The van der Waals surface area contributed by atoms with E-state index in [-0.39, 0.29) is 11.3 Å². The molecule has 0 aliphatic carbocycles. The highest BCUT2D eigenvalue weighted by molar-refractivity contribution is 9.10. The van der Waals surface area contributed by atoms with Gasteiger partial charge in [0.05, 0.1) is 25.5 Å². The largest absolute Gasteiger partial charge is 0.494 e. The van der Waals surface area contributed by atoms with Gasteiger partial charge in [0.1, 0.15) is 23.7 Å². The number of amides is 4. The van der Waals surface area contributed by atoms with Gasteiger partial charge in [-0.15, -0.1) is 0 Å². The molecular formula is C30H28Br2N2O7. The fourth-order valence-electron chi connectivity index (χ4n) is 4.02. The maximum absolute atomic E-state index is 13.7. The molecule has 1 heterocycles. The van der Waals surface area contributed by atoms with Crippen molar-refractivity contribution in [1.29, 1.82) is 0 Å². The first-order valence-electron chi connectivity index (χ1n) is 12.9. The molecule has 1 aliphatic rings. The minimum Gasteiger partial charge on any atom is -0.494 e. The number of anilines is 1. The Morgan fingerprint density at radius 1 is 0.780 bits per heavy atom. The van der Waals surface area contributed by atoms with Crippen LogP contribution >= 0.6 is 31.9 Å². The maximum Gasteiger partial charge on any atom is 0.336 e. The molecule has 0 atom stereocenters. The molecule has 214 valence electrons. The SMILES string of the molecule is CCOc1ccc(OCC)c(N2C(=O)NC(=O)/C(=C\c3cc(OCC)c(OCc4ccc(Br)cc4)cc3Br)C2=O)c1. The zero-order chi connectivity index (χ0) is 29.5. The van der Waals surface area contributed by atoms with Gasteiger partial charge >= 0.3 is 6.03 Å². The van der Waals surface area contributed by atoms with E-state index in [4.69, 9.17) is 18.9 Å². The van der Waals surface area contributed by atoms with Crippen LogP contribution in [0.3, 0.4) is 0 Å². The predicted octanol–water partition coefficient (Wildman–Crippen LogP) is 6.65. The molecule has 1 aliphatic heterocycles. The Morgan fingerprint density at radius 3 is 2.12 bits per heavy atom. The Labute approximate surface area is 254 Å². The van der Waals surface area contributed by atoms with Gasteiger partial charge < -0.3 is 18.9 Å². The second kappa shape index (κ2) is 13.7. The van der Waals surface area contributed by atoms with Crippen LogP contribution in [-0.4, -0.2) is 37.7 Å². The number of nitrogens with zero attached hydrogens (tertiary/aromatic N) is 1. The summed E-state index contributed by atoms with van der Waals surface area (Å²) in [5.41, 5.74) is 1.35. The monoisotopic (exact) mass is 686 g/mol. The first kappa shape index (κ1) is 30.1. The van der Waals surface area contributed by atoms with Crippen LogP contribution in [0.25, 0.3) is 6.08 Å². The summed E-state index contributed by atoms with van der Waals surface area (Å²) < 4.78 is 24.6. The lowest BCUT2D eigenvalue weighted by Crippen LogP contribution is -2.54. The van der Waals surface area contributed by atoms with Crippen molar-refractivity contribution in [3.63, 3.8) is 0 Å². The van der Waals surface area contributed by atoms with Crippen LogP contribution in [0, 0.1) is 0 Å². The van der Waals surface area contributed by atoms with Gasteiger partial charge in [0.2, 0.25) is 0 Å². The van der Waals surface area contributed by atoms with Gasteiger partial charge in [-0.05, 0) is 74.4 Å². The molecule has 0 spiro atoms. The molecule has 3 aromatic rings. The van der Waals surface area contributed by atoms with E-state index in [0.717, 1.165) is 14.9 Å². The highest BCUT2D eigenvalue weighted by atomic mass is 79.9. The highest BCUT2D eigenvalue weighted by Gasteiger charge is 2.38. The van der Waals surface area contributed by atoms with Crippen molar-refractivity contribution in [2.75, 3.05) is 24.7 Å². The van der Waals surface area contributed by atoms with Crippen LogP contribution < -0.4 is 29.2 Å². The number of hydrogen-bond acceptors (Lipinski definition) is 7. The molecule has 1 N–H and O–H groups in total. The fourth-order valence-corrected chi connectivity index (χ4v) is 4.72. The number of hydrogen-bond donors (Lipinski definition) is 1. The van der Waals surface area contributed by atoms with Crippen LogP contribution in [0.15, 0.2) is 69.1 Å². The molecule has 0 radical (unpaired) electrons. The predicted molar refractivity (Wildman–Crippen MR) is 162 cm³/mol. The number of halogens is 2. The van der Waals surface area contributed by atoms with Crippen molar-refractivity contribution in [3.8, 4) is 23.0 Å². The Kier molecular flexibility index (Phi) is 10.1. The Hall–Kier alpha value is -3.83. The van der Waals surface area contributed by atoms with Gasteiger partial charge in [0, 0.05) is 15.0 Å². The molecule has 11 heteroatoms. The first-order chi connectivity index (χ1) is 19.7. The smallest absolute Gasteiger partial charge is 0.336 e. The molecule has 9 nitrogen and oxygen atoms in total. The second-order valence-corrected chi connectivity index (χ2v) is 10.4. The third-order valence-electron chi connectivity index (χ3n) is 5.85. The van der Waals surface area contributed by atoms with Gasteiger partial charge in [-0.2, -0.15) is 0 Å². The van der Waals surface area contributed by atoms with E-state index in [2.05, 4.69) is 37.2 Å². The third-order valence-corrected chi connectivity index (χ3v) is 7.07. The lowest BCUT2D eigenvalue weighted by atomic mass is 10.1. The fraction of sp³-hybridized carbons (Fsp3) is 0.233. The van der Waals surface area contributed by atoms with Gasteiger partial charge in [0.25, 0.3) is 11.8 Å². The van der Waals surface area contributed by atoms with Crippen LogP contribution in [0.4, 0.5) is 10.5 Å². The summed E-state index contributed by atoms with van der Waals surface area (Å²) in [6.45, 7) is 6.80. The highest BCUT2D eigenvalue weighted by Crippen LogP contribution is 2.38. The number of urea groups is 1. The molecular weight excluding hydrogens is 660 g/mol. The summed E-state index contributed by atoms with van der Waals surface area (Å²) in [6.07, 6.45) is 1.40. The number of carbonyl (C=O) groups is 3. The van der Waals surface area contributed by atoms with Crippen LogP contribution in [0.1, 0.15) is 31.9 Å². The number of rotatable bonds is 11. The van der Waals surface area contributed by atoms with E-state index in [9.17, 15) is 14.4 Å². The molecule has 0 saturated carbocycles. The summed E-state index contributed by atoms with van der Waals surface area (Å²) in [5.74, 6) is 0.00912. The molecule has 3 aromatic carbocycles. The third kappa shape index (κ3) is 7.09. The zero-order valence-electron chi connectivity index (χ0n) is 22.7. The molecule has 1 fully saturated rings. The van der Waals surface area contributed by atoms with Crippen molar-refractivity contribution in [1.82, 2.24) is 5.32 Å². The number of ether oxygens (including phenoxy) is 4. The summed E-state index contributed by atoms with van der Waals surface area (Å²) in [7, 11) is 0. The average molecular weight is 688 g/mol. The number of barbiturate groups is 1. The Bertz CT molecular complexity index is 1490. The number of imide groups is 2. The van der Waals surface area contributed by atoms with Gasteiger partial charge in [-0.1, -0.05) is 44.0 Å². The molecule has 0 unspecified atom stereocenters. The van der Waals surface area contributed by atoms with Gasteiger partial charge in [0.15, 0.2) is 11.5 Å². The molecule has 0 bridgehead atoms. The zero-order valence-corrected chi connectivity index (χ0v) is 25.8.